The zero-order valence-electron chi connectivity index (χ0n) is 16.2. The van der Waals surface area contributed by atoms with E-state index in [1.165, 1.54) is 32.1 Å². The lowest BCUT2D eigenvalue weighted by Gasteiger charge is -2.45. The molecular formula is C20H31N3O2S2. The number of nitrogens with one attached hydrogen (secondary N) is 1. The van der Waals surface area contributed by atoms with E-state index in [0.29, 0.717) is 22.6 Å². The summed E-state index contributed by atoms with van der Waals surface area (Å²) >= 11 is 2.14. The Labute approximate surface area is 167 Å². The number of hydrogen-bond acceptors (Lipinski definition) is 4. The summed E-state index contributed by atoms with van der Waals surface area (Å²) in [6.45, 7) is 2.68. The van der Waals surface area contributed by atoms with E-state index in [0.717, 1.165) is 24.8 Å². The maximum absolute atomic E-state index is 12.4. The largest absolute Gasteiger partial charge is 0.356 e. The predicted molar refractivity (Wildman–Crippen MR) is 114 cm³/mol. The number of sulfone groups is 1. The van der Waals surface area contributed by atoms with Gasteiger partial charge in [-0.05, 0) is 31.4 Å². The minimum atomic E-state index is -3.21. The fourth-order valence-electron chi connectivity index (χ4n) is 4.06. The molecule has 0 amide bonds. The van der Waals surface area contributed by atoms with Gasteiger partial charge in [-0.1, -0.05) is 37.5 Å². The molecule has 0 atom stereocenters. The van der Waals surface area contributed by atoms with E-state index in [9.17, 15) is 8.42 Å². The van der Waals surface area contributed by atoms with Crippen molar-refractivity contribution in [3.05, 3.63) is 30.3 Å². The van der Waals surface area contributed by atoms with Crippen LogP contribution in [0.2, 0.25) is 0 Å². The quantitative estimate of drug-likeness (QED) is 0.460. The lowest BCUT2D eigenvalue weighted by atomic mass is 9.87. The molecule has 1 N–H and O–H groups in total. The second-order valence-electron chi connectivity index (χ2n) is 7.47. The lowest BCUT2D eigenvalue weighted by molar-refractivity contribution is 0.293. The summed E-state index contributed by atoms with van der Waals surface area (Å²) in [5.74, 6) is 2.21. The Morgan fingerprint density at radius 1 is 1.22 bits per heavy atom. The number of hydrogen-bond donors (Lipinski definition) is 1. The maximum Gasteiger partial charge on any atom is 0.193 e. The van der Waals surface area contributed by atoms with Crippen LogP contribution in [0.4, 0.5) is 0 Å². The molecule has 0 aromatic heterocycles. The molecule has 1 aromatic rings. The van der Waals surface area contributed by atoms with Crippen LogP contribution in [-0.4, -0.2) is 62.2 Å². The summed E-state index contributed by atoms with van der Waals surface area (Å²) in [5, 5.41) is 3.39. The smallest absolute Gasteiger partial charge is 0.193 e. The van der Waals surface area contributed by atoms with Crippen molar-refractivity contribution in [1.29, 1.82) is 0 Å². The van der Waals surface area contributed by atoms with Crippen molar-refractivity contribution in [3.8, 4) is 0 Å². The predicted octanol–water partition coefficient (Wildman–Crippen LogP) is 3.18. The number of thioether (sulfide) groups is 1. The van der Waals surface area contributed by atoms with Gasteiger partial charge in [0, 0.05) is 37.2 Å². The first-order valence-electron chi connectivity index (χ1n) is 9.92. The molecule has 1 heterocycles. The Morgan fingerprint density at radius 3 is 2.67 bits per heavy atom. The molecule has 5 nitrogen and oxygen atoms in total. The van der Waals surface area contributed by atoms with E-state index in [1.54, 1.807) is 24.3 Å². The first-order valence-corrected chi connectivity index (χ1v) is 12.6. The van der Waals surface area contributed by atoms with Gasteiger partial charge >= 0.3 is 0 Å². The van der Waals surface area contributed by atoms with Gasteiger partial charge in [-0.25, -0.2) is 8.42 Å². The van der Waals surface area contributed by atoms with Crippen molar-refractivity contribution in [2.24, 2.45) is 4.99 Å². The van der Waals surface area contributed by atoms with Gasteiger partial charge in [-0.2, -0.15) is 11.8 Å². The van der Waals surface area contributed by atoms with E-state index < -0.39 is 9.84 Å². The van der Waals surface area contributed by atoms with Crippen LogP contribution in [0, 0.1) is 0 Å². The van der Waals surface area contributed by atoms with Gasteiger partial charge < -0.3 is 10.2 Å². The molecule has 0 radical (unpaired) electrons. The van der Waals surface area contributed by atoms with Crippen LogP contribution < -0.4 is 5.32 Å². The Morgan fingerprint density at radius 2 is 1.96 bits per heavy atom. The van der Waals surface area contributed by atoms with Crippen molar-refractivity contribution in [1.82, 2.24) is 10.2 Å². The van der Waals surface area contributed by atoms with E-state index in [4.69, 9.17) is 0 Å². The van der Waals surface area contributed by atoms with Crippen LogP contribution in [0.25, 0.3) is 0 Å². The van der Waals surface area contributed by atoms with Crippen molar-refractivity contribution in [2.45, 2.75) is 48.2 Å². The molecule has 1 aliphatic carbocycles. The average Bonchev–Trinajstić information content (AvgIpc) is 2.69. The first-order chi connectivity index (χ1) is 13.0. The van der Waals surface area contributed by atoms with E-state index in [2.05, 4.69) is 27.0 Å². The fraction of sp³-hybridized carbons (Fsp3) is 0.650. The molecule has 0 unspecified atom stereocenters. The summed E-state index contributed by atoms with van der Waals surface area (Å²) in [5.41, 5.74) is 0. The van der Waals surface area contributed by atoms with Crippen LogP contribution in [0.1, 0.15) is 38.5 Å². The third-order valence-corrected chi connectivity index (χ3v) is 8.85. The normalized spacial score (nSPS) is 20.6. The molecule has 3 rings (SSSR count). The zero-order valence-corrected chi connectivity index (χ0v) is 17.8. The highest BCUT2D eigenvalue weighted by atomic mass is 32.2. The van der Waals surface area contributed by atoms with Crippen LogP contribution >= 0.6 is 11.8 Å². The lowest BCUT2D eigenvalue weighted by Crippen LogP contribution is -2.53. The Kier molecular flexibility index (Phi) is 7.09. The third kappa shape index (κ3) is 5.41. The van der Waals surface area contributed by atoms with Crippen LogP contribution in [-0.2, 0) is 9.84 Å². The van der Waals surface area contributed by atoms with Gasteiger partial charge in [0.25, 0.3) is 0 Å². The Balaban J connectivity index is 1.49. The molecule has 2 aliphatic rings. The zero-order chi connectivity index (χ0) is 19.2. The molecule has 1 aromatic carbocycles. The highest BCUT2D eigenvalue weighted by molar-refractivity contribution is 8.00. The van der Waals surface area contributed by atoms with Crippen LogP contribution in [0.3, 0.4) is 0 Å². The molecular weight excluding hydrogens is 378 g/mol. The summed E-state index contributed by atoms with van der Waals surface area (Å²) < 4.78 is 25.2. The van der Waals surface area contributed by atoms with Gasteiger partial charge in [-0.3, -0.25) is 4.99 Å². The van der Waals surface area contributed by atoms with Gasteiger partial charge in [0.1, 0.15) is 0 Å². The molecule has 27 heavy (non-hydrogen) atoms. The van der Waals surface area contributed by atoms with Crippen LogP contribution in [0.15, 0.2) is 40.2 Å². The molecule has 1 aliphatic heterocycles. The maximum atomic E-state index is 12.4. The first kappa shape index (κ1) is 20.5. The molecule has 1 saturated heterocycles. The topological polar surface area (TPSA) is 61.8 Å². The second-order valence-corrected chi connectivity index (χ2v) is 11.1. The molecule has 2 fully saturated rings. The molecule has 1 saturated carbocycles. The number of guanidine groups is 1. The van der Waals surface area contributed by atoms with Crippen molar-refractivity contribution < 1.29 is 8.42 Å². The molecule has 150 valence electrons. The molecule has 1 spiro atoms. The minimum Gasteiger partial charge on any atom is -0.356 e. The SMILES string of the molecule is CN=C(NCCCS(=O)(=O)c1ccccc1)N1CCSC2(CCCCC2)C1. The van der Waals surface area contributed by atoms with Crippen molar-refractivity contribution in [3.63, 3.8) is 0 Å². The number of nitrogens with zero attached hydrogens (tertiary/aromatic N) is 2. The number of benzene rings is 1. The third-order valence-electron chi connectivity index (χ3n) is 5.50. The second kappa shape index (κ2) is 9.32. The molecule has 7 heteroatoms. The summed E-state index contributed by atoms with van der Waals surface area (Å²) in [7, 11) is -1.39. The van der Waals surface area contributed by atoms with Gasteiger partial charge in [0.2, 0.25) is 0 Å². The standard InChI is InChI=1S/C20H31N3O2S2/c1-21-19(23-14-15-26-20(17-23)11-6-3-7-12-20)22-13-8-16-27(24,25)18-9-4-2-5-10-18/h2,4-5,9-10H,3,6-8,11-17H2,1H3,(H,21,22). The van der Waals surface area contributed by atoms with E-state index in [-0.39, 0.29) is 5.75 Å². The molecule has 0 bridgehead atoms. The highest BCUT2D eigenvalue weighted by Gasteiger charge is 2.38. The van der Waals surface area contributed by atoms with Crippen LogP contribution in [0.5, 0.6) is 0 Å². The van der Waals surface area contributed by atoms with Gasteiger partial charge in [0.05, 0.1) is 10.6 Å². The fourth-order valence-corrected chi connectivity index (χ4v) is 6.97. The van der Waals surface area contributed by atoms with Crippen molar-refractivity contribution in [2.75, 3.05) is 38.2 Å². The summed E-state index contributed by atoms with van der Waals surface area (Å²) in [6, 6.07) is 8.69. The minimum absolute atomic E-state index is 0.154. The summed E-state index contributed by atoms with van der Waals surface area (Å²) in [4.78, 5) is 7.23. The van der Waals surface area contributed by atoms with E-state index >= 15 is 0 Å². The Bertz CT molecular complexity index is 723. The number of aliphatic imine (C=N–C) groups is 1. The van der Waals surface area contributed by atoms with Gasteiger partial charge in [0.15, 0.2) is 15.8 Å². The average molecular weight is 410 g/mol. The van der Waals surface area contributed by atoms with Crippen molar-refractivity contribution >= 4 is 27.6 Å². The number of rotatable bonds is 5. The van der Waals surface area contributed by atoms with E-state index in [1.807, 2.05) is 13.1 Å². The highest BCUT2D eigenvalue weighted by Crippen LogP contribution is 2.42. The summed E-state index contributed by atoms with van der Waals surface area (Å²) in [6.07, 6.45) is 7.23. The Hall–Kier alpha value is -1.21. The van der Waals surface area contributed by atoms with Gasteiger partial charge in [-0.15, -0.1) is 0 Å². The monoisotopic (exact) mass is 409 g/mol.